The number of nitrogens with zero attached hydrogens (tertiary/aromatic N) is 5. The first-order valence-corrected chi connectivity index (χ1v) is 11.8. The van der Waals surface area contributed by atoms with Crippen LogP contribution in [0.15, 0.2) is 100 Å². The molecule has 1 aromatic heterocycles. The molecule has 3 heterocycles. The van der Waals surface area contributed by atoms with Crippen molar-refractivity contribution in [2.75, 3.05) is 12.9 Å². The summed E-state index contributed by atoms with van der Waals surface area (Å²) in [5.74, 6) is 1.81. The Morgan fingerprint density at radius 2 is 1.85 bits per heavy atom. The Bertz CT molecular complexity index is 1340. The van der Waals surface area contributed by atoms with E-state index < -0.39 is 0 Å². The average Bonchev–Trinajstić information content (AvgIpc) is 3.23. The first-order valence-electron chi connectivity index (χ1n) is 10.8. The van der Waals surface area contributed by atoms with E-state index >= 15 is 0 Å². The third kappa shape index (κ3) is 4.32. The molecule has 5 rings (SSSR count). The number of rotatable bonds is 6. The molecule has 2 aliphatic heterocycles. The zero-order chi connectivity index (χ0) is 23.5. The van der Waals surface area contributed by atoms with Gasteiger partial charge in [-0.1, -0.05) is 66.4 Å². The number of aromatic nitrogens is 3. The summed E-state index contributed by atoms with van der Waals surface area (Å²) in [7, 11) is 1.65. The fourth-order valence-electron chi connectivity index (χ4n) is 3.84. The number of carbonyl (C=O) groups is 1. The zero-order valence-electron chi connectivity index (χ0n) is 18.8. The third-order valence-electron chi connectivity index (χ3n) is 5.50. The summed E-state index contributed by atoms with van der Waals surface area (Å²) in [6.45, 7) is 1.97. The molecule has 0 bridgehead atoms. The second kappa shape index (κ2) is 9.52. The first-order chi connectivity index (χ1) is 16.6. The number of benzene rings is 2. The lowest BCUT2D eigenvalue weighted by Crippen LogP contribution is -2.35. The summed E-state index contributed by atoms with van der Waals surface area (Å²) in [6.07, 6.45) is 9.23. The van der Waals surface area contributed by atoms with E-state index in [0.29, 0.717) is 28.2 Å². The van der Waals surface area contributed by atoms with E-state index in [-0.39, 0.29) is 11.9 Å². The molecule has 0 N–H and O–H groups in total. The largest absolute Gasteiger partial charge is 0.495 e. The maximum absolute atomic E-state index is 12.8. The molecule has 0 spiro atoms. The topological polar surface area (TPSA) is 72.6 Å². The van der Waals surface area contributed by atoms with Gasteiger partial charge >= 0.3 is 0 Å². The monoisotopic (exact) mass is 469 g/mol. The van der Waals surface area contributed by atoms with E-state index in [1.165, 1.54) is 11.8 Å². The number of thioether (sulfide) groups is 1. The van der Waals surface area contributed by atoms with Crippen LogP contribution in [-0.4, -0.2) is 50.7 Å². The Labute approximate surface area is 202 Å². The van der Waals surface area contributed by atoms with Gasteiger partial charge < -0.3 is 9.64 Å². The van der Waals surface area contributed by atoms with Gasteiger partial charge in [0.1, 0.15) is 5.75 Å². The van der Waals surface area contributed by atoms with Crippen LogP contribution in [-0.2, 0) is 4.79 Å². The lowest BCUT2D eigenvalue weighted by molar-refractivity contribution is -0.123. The number of aliphatic imine (C=N–C) groups is 1. The molecular weight excluding hydrogens is 446 g/mol. The Hall–Kier alpha value is -3.91. The molecule has 7 nitrogen and oxygen atoms in total. The number of allylic oxidation sites excluding steroid dienone is 2. The number of para-hydroxylation sites is 2. The molecule has 0 saturated carbocycles. The van der Waals surface area contributed by atoms with Gasteiger partial charge in [0, 0.05) is 29.8 Å². The van der Waals surface area contributed by atoms with Crippen LogP contribution < -0.4 is 4.74 Å². The molecule has 2 aromatic carbocycles. The maximum Gasteiger partial charge on any atom is 0.253 e. The Morgan fingerprint density at radius 1 is 1.06 bits per heavy atom. The normalized spacial score (nSPS) is 17.2. The summed E-state index contributed by atoms with van der Waals surface area (Å²) in [5, 5.41) is 9.65. The highest BCUT2D eigenvalue weighted by Crippen LogP contribution is 2.33. The predicted octanol–water partition coefficient (Wildman–Crippen LogP) is 4.67. The Kier molecular flexibility index (Phi) is 6.14. The smallest absolute Gasteiger partial charge is 0.253 e. The molecule has 0 saturated heterocycles. The highest BCUT2D eigenvalue weighted by molar-refractivity contribution is 7.99. The average molecular weight is 470 g/mol. The van der Waals surface area contributed by atoms with Crippen molar-refractivity contribution in [1.29, 1.82) is 0 Å². The second-order valence-electron chi connectivity index (χ2n) is 7.85. The van der Waals surface area contributed by atoms with Crippen LogP contribution >= 0.6 is 11.8 Å². The summed E-state index contributed by atoms with van der Waals surface area (Å²) in [4.78, 5) is 19.1. The van der Waals surface area contributed by atoms with Crippen molar-refractivity contribution in [3.8, 4) is 22.8 Å². The van der Waals surface area contributed by atoms with Crippen LogP contribution in [0, 0.1) is 0 Å². The molecule has 0 aliphatic carbocycles. The molecule has 2 aliphatic rings. The number of amides is 1. The number of hydrogen-bond acceptors (Lipinski definition) is 6. The van der Waals surface area contributed by atoms with Crippen LogP contribution in [0.4, 0.5) is 0 Å². The zero-order valence-corrected chi connectivity index (χ0v) is 19.6. The van der Waals surface area contributed by atoms with Crippen molar-refractivity contribution in [3.05, 3.63) is 90.3 Å². The fourth-order valence-corrected chi connectivity index (χ4v) is 4.68. The molecule has 3 aromatic rings. The highest BCUT2D eigenvalue weighted by Gasteiger charge is 2.24. The van der Waals surface area contributed by atoms with Crippen molar-refractivity contribution in [2.24, 2.45) is 4.99 Å². The predicted molar refractivity (Wildman–Crippen MR) is 134 cm³/mol. The van der Waals surface area contributed by atoms with Crippen molar-refractivity contribution in [1.82, 2.24) is 19.7 Å². The standard InChI is InChI=1S/C26H23N5O2S/c1-18-12-13-21-15-27-20(14-24(32)30(21)16-18)17-34-26-29-28-25(19-8-4-3-5-9-19)31(26)22-10-6-7-11-23(22)33-2/h3-16,21H,17H2,1-2H3. The lowest BCUT2D eigenvalue weighted by atomic mass is 10.1. The number of hydrogen-bond donors (Lipinski definition) is 0. The summed E-state index contributed by atoms with van der Waals surface area (Å²) in [5.41, 5.74) is 3.50. The van der Waals surface area contributed by atoms with Crippen LogP contribution in [0.2, 0.25) is 0 Å². The van der Waals surface area contributed by atoms with Crippen molar-refractivity contribution >= 4 is 23.9 Å². The first kappa shape index (κ1) is 21.9. The minimum absolute atomic E-state index is 0.0852. The molecule has 34 heavy (non-hydrogen) atoms. The van der Waals surface area contributed by atoms with Crippen LogP contribution in [0.25, 0.3) is 17.1 Å². The van der Waals surface area contributed by atoms with E-state index in [0.717, 1.165) is 16.8 Å². The number of ether oxygens (including phenoxy) is 1. The third-order valence-corrected chi connectivity index (χ3v) is 6.46. The fraction of sp³-hybridized carbons (Fsp3) is 0.154. The number of carbonyl (C=O) groups excluding carboxylic acids is 1. The van der Waals surface area contributed by atoms with Gasteiger partial charge in [-0.25, -0.2) is 0 Å². The van der Waals surface area contributed by atoms with Gasteiger partial charge in [-0.05, 0) is 24.6 Å². The van der Waals surface area contributed by atoms with Gasteiger partial charge in [0.25, 0.3) is 5.91 Å². The molecule has 1 unspecified atom stereocenters. The summed E-state index contributed by atoms with van der Waals surface area (Å²) >= 11 is 1.48. The quantitative estimate of drug-likeness (QED) is 0.491. The van der Waals surface area contributed by atoms with E-state index in [2.05, 4.69) is 15.2 Å². The van der Waals surface area contributed by atoms with Crippen molar-refractivity contribution in [2.45, 2.75) is 18.1 Å². The number of methoxy groups -OCH3 is 1. The molecular formula is C26H23N5O2S. The highest BCUT2D eigenvalue weighted by atomic mass is 32.2. The molecule has 0 radical (unpaired) electrons. The van der Waals surface area contributed by atoms with Crippen molar-refractivity contribution < 1.29 is 9.53 Å². The van der Waals surface area contributed by atoms with Gasteiger partial charge in [-0.15, -0.1) is 10.2 Å². The minimum Gasteiger partial charge on any atom is -0.495 e. The summed E-state index contributed by atoms with van der Waals surface area (Å²) < 4.78 is 7.61. The molecule has 8 heteroatoms. The molecule has 170 valence electrons. The number of fused-ring (bicyclic) bond motifs is 1. The Balaban J connectivity index is 1.48. The van der Waals surface area contributed by atoms with Gasteiger partial charge in [0.15, 0.2) is 11.0 Å². The van der Waals surface area contributed by atoms with Crippen molar-refractivity contribution in [3.63, 3.8) is 0 Å². The minimum atomic E-state index is -0.170. The maximum atomic E-state index is 12.8. The second-order valence-corrected chi connectivity index (χ2v) is 8.79. The van der Waals surface area contributed by atoms with Crippen LogP contribution in [0.5, 0.6) is 5.75 Å². The van der Waals surface area contributed by atoms with Gasteiger partial charge in [0.2, 0.25) is 0 Å². The van der Waals surface area contributed by atoms with E-state index in [1.54, 1.807) is 24.3 Å². The molecule has 1 atom stereocenters. The molecule has 0 fully saturated rings. The Morgan fingerprint density at radius 3 is 2.68 bits per heavy atom. The summed E-state index contributed by atoms with van der Waals surface area (Å²) in [6, 6.07) is 17.5. The van der Waals surface area contributed by atoms with Gasteiger partial charge in [0.05, 0.1) is 24.5 Å². The van der Waals surface area contributed by atoms with Gasteiger partial charge in [-0.2, -0.15) is 0 Å². The van der Waals surface area contributed by atoms with E-state index in [4.69, 9.17) is 4.74 Å². The SMILES string of the molecule is COc1ccccc1-n1c(SCC2=CC(=O)N3C=C(C)C=CC3C=N2)nnc1-c1ccccc1. The van der Waals surface area contributed by atoms with E-state index in [9.17, 15) is 4.79 Å². The van der Waals surface area contributed by atoms with E-state index in [1.807, 2.05) is 84.4 Å². The van der Waals surface area contributed by atoms with Crippen LogP contribution in [0.3, 0.4) is 0 Å². The lowest BCUT2D eigenvalue weighted by Gasteiger charge is -2.24. The molecule has 1 amide bonds. The van der Waals surface area contributed by atoms with Crippen LogP contribution in [0.1, 0.15) is 6.92 Å². The van der Waals surface area contributed by atoms with Gasteiger partial charge in [-0.3, -0.25) is 14.4 Å².